The molecule has 1 unspecified atom stereocenters. The van der Waals surface area contributed by atoms with Gasteiger partial charge in [-0.2, -0.15) is 0 Å². The van der Waals surface area contributed by atoms with Crippen molar-refractivity contribution in [2.45, 2.75) is 25.3 Å². The van der Waals surface area contributed by atoms with Crippen LogP contribution >= 0.6 is 0 Å². The number of anilines is 1. The Morgan fingerprint density at radius 3 is 2.71 bits per heavy atom. The van der Waals surface area contributed by atoms with Crippen LogP contribution in [0.3, 0.4) is 0 Å². The summed E-state index contributed by atoms with van der Waals surface area (Å²) in [6.45, 7) is 1.91. The number of fused-ring (bicyclic) bond motifs is 3. The topological polar surface area (TPSA) is 83.8 Å². The zero-order valence-corrected chi connectivity index (χ0v) is 18.9. The minimum atomic E-state index is -1.24. The van der Waals surface area contributed by atoms with Crippen molar-refractivity contribution in [1.82, 2.24) is 9.47 Å². The number of ether oxygens (including phenoxy) is 1. The van der Waals surface area contributed by atoms with Gasteiger partial charge in [0, 0.05) is 18.8 Å². The van der Waals surface area contributed by atoms with Crippen LogP contribution in [-0.2, 0) is 0 Å². The van der Waals surface area contributed by atoms with E-state index in [-0.39, 0.29) is 5.56 Å². The molecule has 3 aromatic carbocycles. The van der Waals surface area contributed by atoms with E-state index in [1.807, 2.05) is 42.5 Å². The van der Waals surface area contributed by atoms with E-state index in [1.165, 1.54) is 19.0 Å². The molecule has 34 heavy (non-hydrogen) atoms. The summed E-state index contributed by atoms with van der Waals surface area (Å²) in [7, 11) is 2.17. The van der Waals surface area contributed by atoms with Gasteiger partial charge in [0.15, 0.2) is 11.5 Å². The third-order valence-electron chi connectivity index (χ3n) is 7.11. The van der Waals surface area contributed by atoms with Gasteiger partial charge >= 0.3 is 5.97 Å². The number of nitrogens with one attached hydrogen (secondary N) is 1. The van der Waals surface area contributed by atoms with Crippen molar-refractivity contribution in [2.24, 2.45) is 0 Å². The third-order valence-corrected chi connectivity index (χ3v) is 7.11. The van der Waals surface area contributed by atoms with Gasteiger partial charge in [0.05, 0.1) is 16.8 Å². The number of pyridine rings is 1. The lowest BCUT2D eigenvalue weighted by Crippen LogP contribution is -2.27. The fraction of sp³-hybridized carbons (Fsp3) is 0.259. The Balaban J connectivity index is 1.50. The van der Waals surface area contributed by atoms with Crippen LogP contribution in [-0.4, -0.2) is 46.7 Å². The number of likely N-dealkylation sites (tertiary alicyclic amines) is 1. The highest BCUT2D eigenvalue weighted by Crippen LogP contribution is 2.45. The third kappa shape index (κ3) is 3.23. The van der Waals surface area contributed by atoms with Crippen LogP contribution in [0, 0.1) is 0 Å². The summed E-state index contributed by atoms with van der Waals surface area (Å²) in [6.07, 6.45) is 4.87. The normalized spacial score (nSPS) is 17.0. The number of nitrogens with zero attached hydrogens (tertiary/aromatic N) is 2. The molecule has 1 saturated heterocycles. The van der Waals surface area contributed by atoms with Gasteiger partial charge in [0.1, 0.15) is 11.1 Å². The van der Waals surface area contributed by atoms with E-state index >= 15 is 0 Å². The average molecular weight is 456 g/mol. The number of carbonyl (C=O) groups is 1. The number of aromatic carboxylic acids is 1. The molecule has 2 aliphatic heterocycles. The van der Waals surface area contributed by atoms with E-state index in [1.54, 1.807) is 10.6 Å². The molecule has 7 heteroatoms. The quantitative estimate of drug-likeness (QED) is 0.394. The Bertz CT molecular complexity index is 1520. The van der Waals surface area contributed by atoms with E-state index in [2.05, 4.69) is 17.3 Å². The lowest BCUT2D eigenvalue weighted by molar-refractivity contribution is 0.0695. The first-order valence-corrected chi connectivity index (χ1v) is 11.6. The lowest BCUT2D eigenvalue weighted by Gasteiger charge is -2.26. The summed E-state index contributed by atoms with van der Waals surface area (Å²) in [5.41, 5.74) is 1.32. The number of rotatable bonds is 5. The summed E-state index contributed by atoms with van der Waals surface area (Å²) in [5, 5.41) is 15.6. The fourth-order valence-corrected chi connectivity index (χ4v) is 5.28. The van der Waals surface area contributed by atoms with Gasteiger partial charge in [0.25, 0.3) is 0 Å². The first-order valence-electron chi connectivity index (χ1n) is 11.6. The highest BCUT2D eigenvalue weighted by molar-refractivity contribution is 5.99. The molecule has 2 N–H and O–H groups in total. The molecule has 2 aliphatic rings. The predicted octanol–water partition coefficient (Wildman–Crippen LogP) is 4.84. The van der Waals surface area contributed by atoms with Crippen molar-refractivity contribution in [3.05, 3.63) is 70.5 Å². The van der Waals surface area contributed by atoms with Gasteiger partial charge in [-0.15, -0.1) is 0 Å². The monoisotopic (exact) mass is 455 g/mol. The zero-order chi connectivity index (χ0) is 23.4. The Hall–Kier alpha value is -3.84. The second-order valence-corrected chi connectivity index (χ2v) is 9.15. The summed E-state index contributed by atoms with van der Waals surface area (Å²) < 4.78 is 8.20. The lowest BCUT2D eigenvalue weighted by atomic mass is 10.0. The van der Waals surface area contributed by atoms with Gasteiger partial charge in [0.2, 0.25) is 5.43 Å². The maximum Gasteiger partial charge on any atom is 0.341 e. The predicted molar refractivity (Wildman–Crippen MR) is 133 cm³/mol. The van der Waals surface area contributed by atoms with Crippen molar-refractivity contribution in [1.29, 1.82) is 0 Å². The number of hydrogen-bond acceptors (Lipinski definition) is 5. The molecule has 0 spiro atoms. The van der Waals surface area contributed by atoms with Crippen LogP contribution in [0.15, 0.2) is 59.5 Å². The number of aromatic nitrogens is 1. The van der Waals surface area contributed by atoms with Crippen LogP contribution in [0.5, 0.6) is 11.5 Å². The minimum Gasteiger partial charge on any atom is -0.477 e. The average Bonchev–Trinajstić information content (AvgIpc) is 3.24. The SMILES string of the molecule is CN1CCCC1CCNc1ccc2c(=O)c(C(=O)O)cn3c2c1Oc1cc2ccccc2cc1-3. The van der Waals surface area contributed by atoms with E-state index in [4.69, 9.17) is 4.74 Å². The zero-order valence-electron chi connectivity index (χ0n) is 18.9. The maximum atomic E-state index is 13.0. The smallest absolute Gasteiger partial charge is 0.341 e. The highest BCUT2D eigenvalue weighted by Gasteiger charge is 2.27. The van der Waals surface area contributed by atoms with Gasteiger partial charge in [-0.1, -0.05) is 24.3 Å². The molecular formula is C27H25N3O4. The molecule has 1 fully saturated rings. The number of benzene rings is 3. The number of carboxylic acid groups (broad SMARTS) is 1. The summed E-state index contributed by atoms with van der Waals surface area (Å²) >= 11 is 0. The molecule has 0 saturated carbocycles. The second kappa shape index (κ2) is 7.88. The van der Waals surface area contributed by atoms with Gasteiger partial charge in [-0.25, -0.2) is 4.79 Å². The maximum absolute atomic E-state index is 13.0. The van der Waals surface area contributed by atoms with Crippen molar-refractivity contribution in [3.8, 4) is 17.2 Å². The molecule has 6 rings (SSSR count). The van der Waals surface area contributed by atoms with E-state index in [0.29, 0.717) is 34.1 Å². The van der Waals surface area contributed by atoms with Crippen LogP contribution < -0.4 is 15.5 Å². The molecule has 0 amide bonds. The van der Waals surface area contributed by atoms with Crippen LogP contribution in [0.25, 0.3) is 27.4 Å². The summed E-state index contributed by atoms with van der Waals surface area (Å²) in [4.78, 5) is 27.3. The van der Waals surface area contributed by atoms with Crippen molar-refractivity contribution < 1.29 is 14.6 Å². The molecule has 0 bridgehead atoms. The van der Waals surface area contributed by atoms with E-state index in [0.717, 1.165) is 36.0 Å². The summed E-state index contributed by atoms with van der Waals surface area (Å²) in [5.74, 6) is -0.0692. The molecule has 1 aromatic heterocycles. The largest absolute Gasteiger partial charge is 0.477 e. The Labute approximate surface area is 196 Å². The number of carboxylic acids is 1. The first-order chi connectivity index (χ1) is 16.5. The van der Waals surface area contributed by atoms with E-state index < -0.39 is 11.4 Å². The molecular weight excluding hydrogens is 430 g/mol. The molecule has 0 aliphatic carbocycles. The van der Waals surface area contributed by atoms with Crippen molar-refractivity contribution in [3.63, 3.8) is 0 Å². The van der Waals surface area contributed by atoms with Gasteiger partial charge in [-0.05, 0) is 67.9 Å². The Morgan fingerprint density at radius 1 is 1.18 bits per heavy atom. The molecule has 4 aromatic rings. The van der Waals surface area contributed by atoms with Crippen molar-refractivity contribution in [2.75, 3.05) is 25.5 Å². The molecule has 7 nitrogen and oxygen atoms in total. The molecule has 1 atom stereocenters. The van der Waals surface area contributed by atoms with Gasteiger partial charge < -0.3 is 24.6 Å². The van der Waals surface area contributed by atoms with E-state index in [9.17, 15) is 14.7 Å². The minimum absolute atomic E-state index is 0.260. The first kappa shape index (κ1) is 20.7. The molecule has 3 heterocycles. The van der Waals surface area contributed by atoms with Crippen LogP contribution in [0.4, 0.5) is 5.69 Å². The van der Waals surface area contributed by atoms with Crippen LogP contribution in [0.2, 0.25) is 0 Å². The highest BCUT2D eigenvalue weighted by atomic mass is 16.5. The van der Waals surface area contributed by atoms with Gasteiger partial charge in [-0.3, -0.25) is 4.79 Å². The number of hydrogen-bond donors (Lipinski definition) is 2. The molecule has 172 valence electrons. The Morgan fingerprint density at radius 2 is 1.97 bits per heavy atom. The fourth-order valence-electron chi connectivity index (χ4n) is 5.28. The van der Waals surface area contributed by atoms with Crippen molar-refractivity contribution >= 4 is 33.3 Å². The summed E-state index contributed by atoms with van der Waals surface area (Å²) in [6, 6.07) is 16.0. The molecule has 0 radical (unpaired) electrons. The Kier molecular flexibility index (Phi) is 4.81. The standard InChI is InChI=1S/C27H25N3O4/c1-29-12-4-7-18(29)10-11-28-21-9-8-19-24-26(21)34-23-14-17-6-3-2-5-16(17)13-22(23)30(24)15-20(25(19)31)27(32)33/h2-3,5-6,8-9,13-15,18,28H,4,7,10-12H2,1H3,(H,32,33). The second-order valence-electron chi connectivity index (χ2n) is 9.15. The van der Waals surface area contributed by atoms with Crippen LogP contribution in [0.1, 0.15) is 29.6 Å².